The Morgan fingerprint density at radius 3 is 3.00 bits per heavy atom. The highest BCUT2D eigenvalue weighted by molar-refractivity contribution is 8.01. The van der Waals surface area contributed by atoms with Crippen molar-refractivity contribution in [3.8, 4) is 5.88 Å². The van der Waals surface area contributed by atoms with Crippen LogP contribution in [0.15, 0.2) is 24.4 Å². The van der Waals surface area contributed by atoms with Crippen molar-refractivity contribution in [2.75, 3.05) is 18.8 Å². The third kappa shape index (κ3) is 2.89. The van der Waals surface area contributed by atoms with Crippen LogP contribution in [0.5, 0.6) is 5.88 Å². The minimum atomic E-state index is 0.227. The van der Waals surface area contributed by atoms with Gasteiger partial charge < -0.3 is 9.64 Å². The van der Waals surface area contributed by atoms with Gasteiger partial charge in [-0.1, -0.05) is 6.07 Å². The van der Waals surface area contributed by atoms with E-state index in [0.717, 1.165) is 31.7 Å². The number of aromatic nitrogens is 1. The fraction of sp³-hybridized carbons (Fsp3) is 0.625. The molecule has 3 aliphatic rings. The van der Waals surface area contributed by atoms with Crippen molar-refractivity contribution >= 4 is 17.7 Å². The molecule has 112 valence electrons. The van der Waals surface area contributed by atoms with Crippen molar-refractivity contribution in [3.63, 3.8) is 0 Å². The molecule has 21 heavy (non-hydrogen) atoms. The normalized spacial score (nSPS) is 26.7. The van der Waals surface area contributed by atoms with Crippen molar-refractivity contribution in [1.29, 1.82) is 0 Å². The van der Waals surface area contributed by atoms with Crippen LogP contribution < -0.4 is 4.74 Å². The van der Waals surface area contributed by atoms with E-state index in [-0.39, 0.29) is 10.9 Å². The van der Waals surface area contributed by atoms with Crippen LogP contribution in [0.1, 0.15) is 25.7 Å². The highest BCUT2D eigenvalue weighted by Crippen LogP contribution is 2.46. The summed E-state index contributed by atoms with van der Waals surface area (Å²) >= 11 is 1.97. The summed E-state index contributed by atoms with van der Waals surface area (Å²) in [6, 6.07) is 5.75. The lowest BCUT2D eigenvalue weighted by Gasteiger charge is -2.47. The molecule has 0 unspecified atom stereocenters. The minimum absolute atomic E-state index is 0.227. The van der Waals surface area contributed by atoms with Gasteiger partial charge >= 0.3 is 0 Å². The Hall–Kier alpha value is -1.23. The summed E-state index contributed by atoms with van der Waals surface area (Å²) in [5, 5.41) is 0. The molecule has 3 heterocycles. The number of ether oxygens (including phenoxy) is 1. The molecule has 2 aliphatic heterocycles. The van der Waals surface area contributed by atoms with Crippen molar-refractivity contribution in [3.05, 3.63) is 24.4 Å². The molecule has 1 aromatic heterocycles. The molecular weight excluding hydrogens is 284 g/mol. The first kappa shape index (κ1) is 13.4. The Morgan fingerprint density at radius 2 is 2.29 bits per heavy atom. The van der Waals surface area contributed by atoms with Crippen LogP contribution >= 0.6 is 11.8 Å². The van der Waals surface area contributed by atoms with Gasteiger partial charge in [0, 0.05) is 43.9 Å². The first-order valence-corrected chi connectivity index (χ1v) is 8.70. The number of carbonyl (C=O) groups is 1. The Balaban J connectivity index is 1.28. The average molecular weight is 304 g/mol. The van der Waals surface area contributed by atoms with Crippen LogP contribution in [0.25, 0.3) is 0 Å². The molecule has 1 atom stereocenters. The van der Waals surface area contributed by atoms with E-state index in [2.05, 4.69) is 4.98 Å². The molecule has 4 nitrogen and oxygen atoms in total. The fourth-order valence-corrected chi connectivity index (χ4v) is 4.73. The molecule has 4 rings (SSSR count). The van der Waals surface area contributed by atoms with Crippen molar-refractivity contribution < 1.29 is 9.53 Å². The highest BCUT2D eigenvalue weighted by atomic mass is 32.2. The van der Waals surface area contributed by atoms with Crippen molar-refractivity contribution in [2.45, 2.75) is 36.5 Å². The van der Waals surface area contributed by atoms with E-state index in [1.807, 2.05) is 34.9 Å². The number of nitrogens with zero attached hydrogens (tertiary/aromatic N) is 2. The second-order valence-electron chi connectivity index (χ2n) is 6.50. The number of hydrogen-bond donors (Lipinski definition) is 0. The lowest BCUT2D eigenvalue weighted by Crippen LogP contribution is -2.60. The Bertz CT molecular complexity index is 526. The lowest BCUT2D eigenvalue weighted by molar-refractivity contribution is -0.136. The summed E-state index contributed by atoms with van der Waals surface area (Å²) in [6.07, 6.45) is 6.29. The minimum Gasteiger partial charge on any atom is -0.473 e. The first-order chi connectivity index (χ1) is 10.2. The average Bonchev–Trinajstić information content (AvgIpc) is 3.15. The van der Waals surface area contributed by atoms with Crippen molar-refractivity contribution in [2.24, 2.45) is 5.92 Å². The van der Waals surface area contributed by atoms with Gasteiger partial charge in [-0.3, -0.25) is 4.79 Å². The molecular formula is C16H20N2O2S. The number of carbonyl (C=O) groups excluding carboxylic acids is 1. The maximum absolute atomic E-state index is 12.1. The van der Waals surface area contributed by atoms with Crippen LogP contribution in [0.3, 0.4) is 0 Å². The highest BCUT2D eigenvalue weighted by Gasteiger charge is 2.51. The molecule has 2 saturated heterocycles. The molecule has 1 spiro atoms. The van der Waals surface area contributed by atoms with Crippen LogP contribution in [-0.4, -0.2) is 45.5 Å². The second-order valence-corrected chi connectivity index (χ2v) is 7.99. The molecule has 1 amide bonds. The predicted molar refractivity (Wildman–Crippen MR) is 82.4 cm³/mol. The van der Waals surface area contributed by atoms with Gasteiger partial charge in [-0.15, -0.1) is 11.8 Å². The lowest BCUT2D eigenvalue weighted by atomic mass is 9.92. The fourth-order valence-electron chi connectivity index (χ4n) is 3.21. The molecule has 0 N–H and O–H groups in total. The van der Waals surface area contributed by atoms with Gasteiger partial charge in [-0.25, -0.2) is 4.98 Å². The van der Waals surface area contributed by atoms with Crippen LogP contribution in [0.2, 0.25) is 0 Å². The Morgan fingerprint density at radius 1 is 1.43 bits per heavy atom. The number of pyridine rings is 1. The zero-order valence-electron chi connectivity index (χ0n) is 12.0. The summed E-state index contributed by atoms with van der Waals surface area (Å²) in [5.41, 5.74) is 0. The number of thioether (sulfide) groups is 1. The predicted octanol–water partition coefficient (Wildman–Crippen LogP) is 2.35. The van der Waals surface area contributed by atoms with E-state index >= 15 is 0 Å². The quantitative estimate of drug-likeness (QED) is 0.856. The Kier molecular flexibility index (Phi) is 3.32. The first-order valence-electron chi connectivity index (χ1n) is 7.72. The zero-order chi connectivity index (χ0) is 14.3. The zero-order valence-corrected chi connectivity index (χ0v) is 12.8. The summed E-state index contributed by atoms with van der Waals surface area (Å²) < 4.78 is 6.19. The summed E-state index contributed by atoms with van der Waals surface area (Å²) in [5.74, 6) is 2.76. The number of amides is 1. The molecule has 0 radical (unpaired) electrons. The van der Waals surface area contributed by atoms with E-state index in [1.165, 1.54) is 12.8 Å². The van der Waals surface area contributed by atoms with Crippen LogP contribution in [-0.2, 0) is 4.79 Å². The molecule has 1 aromatic rings. The van der Waals surface area contributed by atoms with Gasteiger partial charge in [0.25, 0.3) is 0 Å². The monoisotopic (exact) mass is 304 g/mol. The van der Waals surface area contributed by atoms with E-state index < -0.39 is 0 Å². The van der Waals surface area contributed by atoms with Gasteiger partial charge in [0.1, 0.15) is 6.10 Å². The third-order valence-corrected chi connectivity index (χ3v) is 6.15. The van der Waals surface area contributed by atoms with Gasteiger partial charge in [-0.2, -0.15) is 0 Å². The summed E-state index contributed by atoms with van der Waals surface area (Å²) in [4.78, 5) is 18.3. The molecule has 5 heteroatoms. The second kappa shape index (κ2) is 5.20. The summed E-state index contributed by atoms with van der Waals surface area (Å²) in [6.45, 7) is 1.82. The molecule has 0 bridgehead atoms. The smallest absolute Gasteiger partial charge is 0.222 e. The van der Waals surface area contributed by atoms with Crippen molar-refractivity contribution in [1.82, 2.24) is 9.88 Å². The van der Waals surface area contributed by atoms with E-state index in [1.54, 1.807) is 6.20 Å². The third-order valence-electron chi connectivity index (χ3n) is 4.57. The topological polar surface area (TPSA) is 42.4 Å². The molecule has 3 fully saturated rings. The SMILES string of the molecule is O=C(CC1CC1)N1CC2(C[C@H](Oc3ccccn3)CS2)C1. The maximum atomic E-state index is 12.1. The van der Waals surface area contributed by atoms with Gasteiger partial charge in [0.2, 0.25) is 11.8 Å². The van der Waals surface area contributed by atoms with E-state index in [0.29, 0.717) is 17.7 Å². The standard InChI is InChI=1S/C16H20N2O2S/c19-15(7-12-4-5-12)18-10-16(11-18)8-13(9-21-16)20-14-3-1-2-6-17-14/h1-3,6,12-13H,4-5,7-11H2/t13-/m0/s1. The molecule has 0 aromatic carbocycles. The number of likely N-dealkylation sites (tertiary alicyclic amines) is 1. The molecule has 1 saturated carbocycles. The Labute approximate surface area is 129 Å². The van der Waals surface area contributed by atoms with Crippen LogP contribution in [0.4, 0.5) is 0 Å². The van der Waals surface area contributed by atoms with Gasteiger partial charge in [0.15, 0.2) is 0 Å². The molecule has 1 aliphatic carbocycles. The van der Waals surface area contributed by atoms with E-state index in [4.69, 9.17) is 4.74 Å². The number of hydrogen-bond acceptors (Lipinski definition) is 4. The summed E-state index contributed by atoms with van der Waals surface area (Å²) in [7, 11) is 0. The van der Waals surface area contributed by atoms with Crippen LogP contribution in [0, 0.1) is 5.92 Å². The number of rotatable bonds is 4. The van der Waals surface area contributed by atoms with Gasteiger partial charge in [0.05, 0.1) is 4.75 Å². The van der Waals surface area contributed by atoms with Gasteiger partial charge in [-0.05, 0) is 24.8 Å². The maximum Gasteiger partial charge on any atom is 0.222 e. The largest absolute Gasteiger partial charge is 0.473 e. The van der Waals surface area contributed by atoms with E-state index in [9.17, 15) is 4.79 Å².